The topological polar surface area (TPSA) is 3.88 Å². The Balaban J connectivity index is 0.000000499. The van der Waals surface area contributed by atoms with E-state index in [-0.39, 0.29) is 0 Å². The highest BCUT2D eigenvalue weighted by Crippen LogP contribution is 2.35. The number of hydrogen-bond acceptors (Lipinski definition) is 0. The second kappa shape index (κ2) is 10.2. The van der Waals surface area contributed by atoms with Crippen molar-refractivity contribution in [2.45, 2.75) is 32.2 Å². The SMILES string of the molecule is CC(c1ccccc1)[n+]1c(-c2ccccc2)cc(-c2ccccc2)c2c1CCC2.F[B-](F)(F)F. The molecule has 1 aliphatic rings. The highest BCUT2D eigenvalue weighted by molar-refractivity contribution is 6.50. The number of nitrogens with zero attached hydrogens (tertiary/aromatic N) is 1. The molecule has 174 valence electrons. The summed E-state index contributed by atoms with van der Waals surface area (Å²) in [6.07, 6.45) is 3.54. The normalized spacial score (nSPS) is 13.6. The van der Waals surface area contributed by atoms with Gasteiger partial charge in [-0.3, -0.25) is 0 Å². The summed E-state index contributed by atoms with van der Waals surface area (Å²) in [4.78, 5) is 0. The van der Waals surface area contributed by atoms with Gasteiger partial charge in [0.25, 0.3) is 0 Å². The van der Waals surface area contributed by atoms with Crippen molar-refractivity contribution in [1.82, 2.24) is 0 Å². The van der Waals surface area contributed by atoms with Crippen LogP contribution in [0.15, 0.2) is 97.1 Å². The molecule has 4 aromatic rings. The molecule has 5 rings (SSSR count). The summed E-state index contributed by atoms with van der Waals surface area (Å²) in [6.45, 7) is 2.34. The smallest absolute Gasteiger partial charge is 0.418 e. The fraction of sp³-hybridized carbons (Fsp3) is 0.179. The Morgan fingerprint density at radius 1 is 0.706 bits per heavy atom. The number of hydrogen-bond donors (Lipinski definition) is 0. The van der Waals surface area contributed by atoms with Gasteiger partial charge in [0.15, 0.2) is 11.7 Å². The van der Waals surface area contributed by atoms with Crippen LogP contribution >= 0.6 is 0 Å². The predicted octanol–water partition coefficient (Wildman–Crippen LogP) is 7.71. The lowest BCUT2D eigenvalue weighted by molar-refractivity contribution is -0.706. The number of pyridine rings is 1. The van der Waals surface area contributed by atoms with Gasteiger partial charge < -0.3 is 17.3 Å². The fourth-order valence-electron chi connectivity index (χ4n) is 4.75. The molecule has 0 aliphatic heterocycles. The number of rotatable bonds is 4. The first kappa shape index (κ1) is 23.7. The molecule has 0 amide bonds. The van der Waals surface area contributed by atoms with Crippen LogP contribution in [0, 0.1) is 0 Å². The van der Waals surface area contributed by atoms with Gasteiger partial charge in [-0.2, -0.15) is 4.57 Å². The highest BCUT2D eigenvalue weighted by atomic mass is 19.5. The van der Waals surface area contributed by atoms with Crippen LogP contribution in [-0.2, 0) is 12.8 Å². The van der Waals surface area contributed by atoms with Crippen molar-refractivity contribution in [3.05, 3.63) is 114 Å². The van der Waals surface area contributed by atoms with Crippen molar-refractivity contribution < 1.29 is 21.8 Å². The molecular weight excluding hydrogens is 437 g/mol. The van der Waals surface area contributed by atoms with E-state index in [1.807, 2.05) is 0 Å². The van der Waals surface area contributed by atoms with E-state index in [0.29, 0.717) is 6.04 Å². The number of fused-ring (bicyclic) bond motifs is 1. The van der Waals surface area contributed by atoms with E-state index in [2.05, 4.69) is 109 Å². The third-order valence-electron chi connectivity index (χ3n) is 6.17. The first-order valence-corrected chi connectivity index (χ1v) is 11.5. The average Bonchev–Trinajstić information content (AvgIpc) is 3.33. The van der Waals surface area contributed by atoms with Gasteiger partial charge in [0.2, 0.25) is 5.69 Å². The van der Waals surface area contributed by atoms with Crippen molar-refractivity contribution in [3.63, 3.8) is 0 Å². The van der Waals surface area contributed by atoms with Crippen LogP contribution in [0.5, 0.6) is 0 Å². The van der Waals surface area contributed by atoms with Gasteiger partial charge in [-0.05, 0) is 36.1 Å². The molecule has 0 radical (unpaired) electrons. The van der Waals surface area contributed by atoms with Crippen LogP contribution in [0.25, 0.3) is 22.4 Å². The quantitative estimate of drug-likeness (QED) is 0.166. The van der Waals surface area contributed by atoms with Crippen LogP contribution in [-0.4, -0.2) is 7.25 Å². The molecule has 0 N–H and O–H groups in total. The van der Waals surface area contributed by atoms with Gasteiger partial charge in [0.05, 0.1) is 0 Å². The molecule has 6 heteroatoms. The number of halogens is 4. The molecule has 3 aromatic carbocycles. The molecule has 1 nitrogen and oxygen atoms in total. The second-order valence-electron chi connectivity index (χ2n) is 8.41. The lowest BCUT2D eigenvalue weighted by Crippen LogP contribution is -2.45. The van der Waals surface area contributed by atoms with Crippen molar-refractivity contribution >= 4 is 7.25 Å². The maximum atomic E-state index is 9.75. The lowest BCUT2D eigenvalue weighted by Gasteiger charge is -2.18. The van der Waals surface area contributed by atoms with Gasteiger partial charge in [-0.15, -0.1) is 0 Å². The Hall–Kier alpha value is -3.41. The van der Waals surface area contributed by atoms with Crippen molar-refractivity contribution in [1.29, 1.82) is 0 Å². The summed E-state index contributed by atoms with van der Waals surface area (Å²) in [5, 5.41) is 0. The minimum absolute atomic E-state index is 0.295. The van der Waals surface area contributed by atoms with Crippen LogP contribution in [0.1, 0.15) is 36.2 Å². The molecule has 1 heterocycles. The Morgan fingerprint density at radius 2 is 1.21 bits per heavy atom. The predicted molar refractivity (Wildman–Crippen MR) is 130 cm³/mol. The molecule has 1 aliphatic carbocycles. The first-order chi connectivity index (χ1) is 16.3. The van der Waals surface area contributed by atoms with Crippen LogP contribution < -0.4 is 4.57 Å². The third-order valence-corrected chi connectivity index (χ3v) is 6.17. The van der Waals surface area contributed by atoms with Crippen molar-refractivity contribution in [2.75, 3.05) is 0 Å². The maximum absolute atomic E-state index is 9.75. The van der Waals surface area contributed by atoms with Crippen molar-refractivity contribution in [3.8, 4) is 22.4 Å². The first-order valence-electron chi connectivity index (χ1n) is 11.5. The number of benzene rings is 3. The monoisotopic (exact) mass is 463 g/mol. The maximum Gasteiger partial charge on any atom is 0.673 e. The summed E-state index contributed by atoms with van der Waals surface area (Å²) < 4.78 is 41.6. The van der Waals surface area contributed by atoms with E-state index in [0.717, 1.165) is 12.8 Å². The molecule has 1 atom stereocenters. The average molecular weight is 463 g/mol. The van der Waals surface area contributed by atoms with Gasteiger partial charge in [-0.1, -0.05) is 78.9 Å². The minimum atomic E-state index is -6.00. The molecule has 1 unspecified atom stereocenters. The molecule has 0 saturated carbocycles. The summed E-state index contributed by atoms with van der Waals surface area (Å²) >= 11 is 0. The molecule has 0 saturated heterocycles. The lowest BCUT2D eigenvalue weighted by atomic mass is 9.95. The van der Waals surface area contributed by atoms with Gasteiger partial charge in [0.1, 0.15) is 0 Å². The molecule has 0 bridgehead atoms. The van der Waals surface area contributed by atoms with Gasteiger partial charge >= 0.3 is 7.25 Å². The summed E-state index contributed by atoms with van der Waals surface area (Å²) in [6, 6.07) is 35.3. The zero-order valence-corrected chi connectivity index (χ0v) is 19.0. The van der Waals surface area contributed by atoms with Gasteiger partial charge in [-0.25, -0.2) is 0 Å². The molecule has 34 heavy (non-hydrogen) atoms. The van der Waals surface area contributed by atoms with E-state index < -0.39 is 7.25 Å². The van der Waals surface area contributed by atoms with Crippen LogP contribution in [0.3, 0.4) is 0 Å². The Bertz CT molecular complexity index is 1220. The summed E-state index contributed by atoms with van der Waals surface area (Å²) in [5.41, 5.74) is 9.69. The van der Waals surface area contributed by atoms with Crippen LogP contribution in [0.2, 0.25) is 0 Å². The van der Waals surface area contributed by atoms with E-state index in [9.17, 15) is 17.3 Å². The van der Waals surface area contributed by atoms with E-state index in [4.69, 9.17) is 0 Å². The summed E-state index contributed by atoms with van der Waals surface area (Å²) in [7, 11) is -6.00. The zero-order chi connectivity index (χ0) is 24.1. The fourth-order valence-corrected chi connectivity index (χ4v) is 4.75. The third kappa shape index (κ3) is 5.56. The van der Waals surface area contributed by atoms with Crippen molar-refractivity contribution in [2.24, 2.45) is 0 Å². The molecule has 1 aromatic heterocycles. The largest absolute Gasteiger partial charge is 0.673 e. The second-order valence-corrected chi connectivity index (χ2v) is 8.41. The molecule has 0 spiro atoms. The Morgan fingerprint density at radius 3 is 1.76 bits per heavy atom. The highest BCUT2D eigenvalue weighted by Gasteiger charge is 2.33. The standard InChI is InChI=1S/C28H26N.BF4/c1-21(22-12-5-2-6-13-22)29-27-19-11-18-25(27)26(23-14-7-3-8-15-23)20-28(29)24-16-9-4-10-17-24;2-1(3,4)5/h2-10,12-17,20-21H,11,18-19H2,1H3;/q+1;-1. The van der Waals surface area contributed by atoms with E-state index in [1.54, 1.807) is 0 Å². The van der Waals surface area contributed by atoms with E-state index >= 15 is 0 Å². The Labute approximate surface area is 197 Å². The van der Waals surface area contributed by atoms with Gasteiger partial charge in [0, 0.05) is 36.1 Å². The zero-order valence-electron chi connectivity index (χ0n) is 19.0. The molecular formula is C28H26BF4N. The van der Waals surface area contributed by atoms with E-state index in [1.165, 1.54) is 45.6 Å². The van der Waals surface area contributed by atoms with Crippen LogP contribution in [0.4, 0.5) is 17.3 Å². The molecule has 0 fully saturated rings. The number of aromatic nitrogens is 1. The minimum Gasteiger partial charge on any atom is -0.418 e. The summed E-state index contributed by atoms with van der Waals surface area (Å²) in [5.74, 6) is 0. The Kier molecular flexibility index (Phi) is 7.16.